The molecule has 0 aliphatic carbocycles. The Balaban J connectivity index is 2.31. The molecule has 0 bridgehead atoms. The smallest absolute Gasteiger partial charge is 0.387 e. The van der Waals surface area contributed by atoms with Crippen molar-refractivity contribution in [2.45, 2.75) is 20.5 Å². The largest absolute Gasteiger partial charge is 0.435 e. The first-order valence-electron chi connectivity index (χ1n) is 8.15. The molecule has 2 aromatic carbocycles. The van der Waals surface area contributed by atoms with Crippen LogP contribution in [0.1, 0.15) is 12.5 Å². The molecule has 0 aliphatic heterocycles. The molecule has 0 fully saturated rings. The third-order valence-electron chi connectivity index (χ3n) is 3.95. The van der Waals surface area contributed by atoms with Gasteiger partial charge in [0.1, 0.15) is 5.75 Å². The summed E-state index contributed by atoms with van der Waals surface area (Å²) in [6.07, 6.45) is 1.73. The average molecular weight is 382 g/mol. The van der Waals surface area contributed by atoms with Crippen LogP contribution in [-0.2, 0) is 0 Å². The maximum Gasteiger partial charge on any atom is 0.387 e. The lowest BCUT2D eigenvalue weighted by atomic mass is 10.1. The molecule has 4 nitrogen and oxygen atoms in total. The topological polar surface area (TPSA) is 28.1 Å². The van der Waals surface area contributed by atoms with Crippen molar-refractivity contribution in [3.8, 4) is 5.75 Å². The Kier molecular flexibility index (Phi) is 6.80. The summed E-state index contributed by atoms with van der Waals surface area (Å²) in [5.41, 5.74) is 3.20. The van der Waals surface area contributed by atoms with Crippen LogP contribution in [0, 0.1) is 6.92 Å². The summed E-state index contributed by atoms with van der Waals surface area (Å²) in [5.74, 6) is 0.108. The van der Waals surface area contributed by atoms with E-state index in [-0.39, 0.29) is 5.75 Å². The number of ether oxygens (including phenoxy) is 1. The third kappa shape index (κ3) is 5.08. The van der Waals surface area contributed by atoms with Gasteiger partial charge >= 0.3 is 6.61 Å². The molecule has 7 heteroatoms. The van der Waals surface area contributed by atoms with E-state index in [0.29, 0.717) is 16.4 Å². The minimum Gasteiger partial charge on any atom is -0.435 e. The lowest BCUT2D eigenvalue weighted by Crippen LogP contribution is -2.14. The average Bonchev–Trinajstić information content (AvgIpc) is 2.60. The van der Waals surface area contributed by atoms with E-state index in [1.165, 1.54) is 6.07 Å². The Morgan fingerprint density at radius 3 is 2.62 bits per heavy atom. The third-order valence-corrected chi connectivity index (χ3v) is 4.25. The number of hydrogen-bond acceptors (Lipinski definition) is 3. The van der Waals surface area contributed by atoms with Crippen molar-refractivity contribution in [3.63, 3.8) is 0 Å². The van der Waals surface area contributed by atoms with Gasteiger partial charge in [0, 0.05) is 38.1 Å². The minimum absolute atomic E-state index is 0.108. The van der Waals surface area contributed by atoms with E-state index in [9.17, 15) is 8.78 Å². The van der Waals surface area contributed by atoms with Crippen molar-refractivity contribution >= 4 is 35.0 Å². The number of rotatable bonds is 7. The van der Waals surface area contributed by atoms with E-state index in [0.717, 1.165) is 17.8 Å². The van der Waals surface area contributed by atoms with Crippen molar-refractivity contribution in [2.75, 3.05) is 25.5 Å². The fraction of sp³-hybridized carbons (Fsp3) is 0.316. The van der Waals surface area contributed by atoms with Gasteiger partial charge in [0.25, 0.3) is 0 Å². The number of hydrogen-bond donors (Lipinski definition) is 0. The van der Waals surface area contributed by atoms with E-state index >= 15 is 0 Å². The highest BCUT2D eigenvalue weighted by Crippen LogP contribution is 2.36. The lowest BCUT2D eigenvalue weighted by molar-refractivity contribution is -0.0498. The standard InChI is InChI=1S/C19H22ClF2N3O/c1-5-24(3)12-23-17-9-13(2)18(11-16(17)20)25(4)14-7-6-8-15(10-14)26-19(21)22/h6-12,19H,5H2,1-4H3. The number of aliphatic imine (C=N–C) groups is 1. The summed E-state index contributed by atoms with van der Waals surface area (Å²) in [4.78, 5) is 8.22. The van der Waals surface area contributed by atoms with Crippen LogP contribution in [0.5, 0.6) is 5.75 Å². The quantitative estimate of drug-likeness (QED) is 0.459. The molecule has 0 atom stereocenters. The number of benzene rings is 2. The molecular formula is C19H22ClF2N3O. The minimum atomic E-state index is -2.86. The molecule has 140 valence electrons. The molecular weight excluding hydrogens is 360 g/mol. The zero-order chi connectivity index (χ0) is 19.3. The normalized spacial score (nSPS) is 11.2. The molecule has 2 aromatic rings. The maximum atomic E-state index is 12.4. The van der Waals surface area contributed by atoms with Crippen molar-refractivity contribution in [2.24, 2.45) is 4.99 Å². The van der Waals surface area contributed by atoms with E-state index in [1.54, 1.807) is 18.5 Å². The zero-order valence-corrected chi connectivity index (χ0v) is 16.0. The van der Waals surface area contributed by atoms with Crippen LogP contribution in [0.3, 0.4) is 0 Å². The molecule has 0 heterocycles. The first-order chi connectivity index (χ1) is 12.3. The van der Waals surface area contributed by atoms with Crippen LogP contribution < -0.4 is 9.64 Å². The predicted octanol–water partition coefficient (Wildman–Crippen LogP) is 5.63. The van der Waals surface area contributed by atoms with Gasteiger partial charge in [-0.2, -0.15) is 8.78 Å². The van der Waals surface area contributed by atoms with Crippen molar-refractivity contribution in [3.05, 3.63) is 47.0 Å². The molecule has 0 aliphatic rings. The molecule has 2 rings (SSSR count). The summed E-state index contributed by atoms with van der Waals surface area (Å²) < 4.78 is 29.3. The molecule has 26 heavy (non-hydrogen) atoms. The van der Waals surface area contributed by atoms with Crippen LogP contribution in [0.4, 0.5) is 25.8 Å². The first kappa shape index (κ1) is 20.0. The van der Waals surface area contributed by atoms with Gasteiger partial charge in [0.15, 0.2) is 0 Å². The van der Waals surface area contributed by atoms with Crippen LogP contribution in [0.25, 0.3) is 0 Å². The van der Waals surface area contributed by atoms with Crippen molar-refractivity contribution < 1.29 is 13.5 Å². The summed E-state index contributed by atoms with van der Waals surface area (Å²) in [6, 6.07) is 10.2. The van der Waals surface area contributed by atoms with Gasteiger partial charge < -0.3 is 14.5 Å². The Morgan fingerprint density at radius 1 is 1.23 bits per heavy atom. The molecule has 0 saturated heterocycles. The van der Waals surface area contributed by atoms with Gasteiger partial charge in [0.05, 0.1) is 17.0 Å². The SMILES string of the molecule is CCN(C)C=Nc1cc(C)c(N(C)c2cccc(OC(F)F)c2)cc1Cl. The Hall–Kier alpha value is -2.34. The van der Waals surface area contributed by atoms with Gasteiger partial charge in [-0.15, -0.1) is 0 Å². The van der Waals surface area contributed by atoms with Gasteiger partial charge in [-0.3, -0.25) is 0 Å². The Bertz CT molecular complexity index is 783. The summed E-state index contributed by atoms with van der Waals surface area (Å²) in [6.45, 7) is 1.97. The number of halogens is 3. The van der Waals surface area contributed by atoms with Gasteiger partial charge in [-0.05, 0) is 43.7 Å². The van der Waals surface area contributed by atoms with Gasteiger partial charge in [-0.25, -0.2) is 4.99 Å². The van der Waals surface area contributed by atoms with E-state index in [1.807, 2.05) is 55.9 Å². The van der Waals surface area contributed by atoms with E-state index in [2.05, 4.69) is 9.73 Å². The Morgan fingerprint density at radius 2 is 1.96 bits per heavy atom. The monoisotopic (exact) mass is 381 g/mol. The second-order valence-corrected chi connectivity index (χ2v) is 6.25. The summed E-state index contributed by atoms with van der Waals surface area (Å²) in [5, 5.41) is 0.512. The maximum absolute atomic E-state index is 12.4. The van der Waals surface area contributed by atoms with Crippen molar-refractivity contribution in [1.82, 2.24) is 4.90 Å². The van der Waals surface area contributed by atoms with Crippen LogP contribution >= 0.6 is 11.6 Å². The highest BCUT2D eigenvalue weighted by molar-refractivity contribution is 6.33. The number of anilines is 2. The molecule has 0 aromatic heterocycles. The molecule has 0 unspecified atom stereocenters. The second-order valence-electron chi connectivity index (χ2n) is 5.84. The number of alkyl halides is 2. The highest BCUT2D eigenvalue weighted by atomic mass is 35.5. The van der Waals surface area contributed by atoms with Crippen LogP contribution in [0.2, 0.25) is 5.02 Å². The molecule has 0 spiro atoms. The predicted molar refractivity (Wildman–Crippen MR) is 104 cm³/mol. The van der Waals surface area contributed by atoms with E-state index < -0.39 is 6.61 Å². The number of aryl methyl sites for hydroxylation is 1. The molecule has 0 N–H and O–H groups in total. The fourth-order valence-electron chi connectivity index (χ4n) is 2.37. The number of nitrogens with zero attached hydrogens (tertiary/aromatic N) is 3. The van der Waals surface area contributed by atoms with Gasteiger partial charge in [0.2, 0.25) is 0 Å². The van der Waals surface area contributed by atoms with E-state index in [4.69, 9.17) is 11.6 Å². The lowest BCUT2D eigenvalue weighted by Gasteiger charge is -2.23. The summed E-state index contributed by atoms with van der Waals surface area (Å²) >= 11 is 6.38. The Labute approximate surface area is 157 Å². The highest BCUT2D eigenvalue weighted by Gasteiger charge is 2.12. The zero-order valence-electron chi connectivity index (χ0n) is 15.2. The molecule has 0 saturated carbocycles. The van der Waals surface area contributed by atoms with Gasteiger partial charge in [-0.1, -0.05) is 17.7 Å². The molecule has 0 amide bonds. The fourth-order valence-corrected chi connectivity index (χ4v) is 2.57. The second kappa shape index (κ2) is 8.85. The first-order valence-corrected chi connectivity index (χ1v) is 8.52. The van der Waals surface area contributed by atoms with Crippen molar-refractivity contribution in [1.29, 1.82) is 0 Å². The summed E-state index contributed by atoms with van der Waals surface area (Å²) in [7, 11) is 3.77. The van der Waals surface area contributed by atoms with Crippen LogP contribution in [0.15, 0.2) is 41.4 Å². The molecule has 0 radical (unpaired) electrons. The van der Waals surface area contributed by atoms with Crippen LogP contribution in [-0.4, -0.2) is 38.5 Å².